The van der Waals surface area contributed by atoms with E-state index in [0.717, 1.165) is 13.2 Å². The lowest BCUT2D eigenvalue weighted by atomic mass is 10.1. The number of methoxy groups -OCH3 is 1. The molecule has 0 amide bonds. The van der Waals surface area contributed by atoms with Gasteiger partial charge in [0.2, 0.25) is 0 Å². The number of aldehydes is 1. The van der Waals surface area contributed by atoms with Gasteiger partial charge < -0.3 is 8.92 Å². The van der Waals surface area contributed by atoms with Crippen molar-refractivity contribution < 1.29 is 35.3 Å². The Bertz CT molecular complexity index is 592. The summed E-state index contributed by atoms with van der Waals surface area (Å²) in [7, 11) is -4.69. The van der Waals surface area contributed by atoms with Crippen molar-refractivity contribution in [1.82, 2.24) is 0 Å². The Labute approximate surface area is 107 Å². The molecule has 0 aromatic heterocycles. The highest BCUT2D eigenvalue weighted by molar-refractivity contribution is 7.88. The Morgan fingerprint density at radius 1 is 1.21 bits per heavy atom. The second-order valence-corrected chi connectivity index (χ2v) is 5.00. The molecule has 1 aromatic rings. The average Bonchev–Trinajstić information content (AvgIpc) is 2.29. The van der Waals surface area contributed by atoms with Crippen molar-refractivity contribution in [3.8, 4) is 11.5 Å². The number of carbonyl (C=O) groups is 1. The highest BCUT2D eigenvalue weighted by atomic mass is 32.2. The third-order valence-corrected chi connectivity index (χ3v) is 3.13. The highest BCUT2D eigenvalue weighted by Gasteiger charge is 2.49. The largest absolute Gasteiger partial charge is 0.534 e. The fourth-order valence-electron chi connectivity index (χ4n) is 1.19. The number of rotatable bonds is 4. The third kappa shape index (κ3) is 3.16. The van der Waals surface area contributed by atoms with E-state index in [9.17, 15) is 26.4 Å². The van der Waals surface area contributed by atoms with E-state index in [4.69, 9.17) is 4.74 Å². The van der Waals surface area contributed by atoms with Gasteiger partial charge in [-0.15, -0.1) is 0 Å². The Balaban J connectivity index is 3.32. The molecule has 1 rings (SSSR count). The van der Waals surface area contributed by atoms with Crippen LogP contribution >= 0.6 is 0 Å². The van der Waals surface area contributed by atoms with Gasteiger partial charge >= 0.3 is 15.6 Å². The van der Waals surface area contributed by atoms with Crippen molar-refractivity contribution >= 4 is 16.4 Å². The normalized spacial score (nSPS) is 12.1. The van der Waals surface area contributed by atoms with E-state index in [1.54, 1.807) is 0 Å². The molecule has 0 bridgehead atoms. The van der Waals surface area contributed by atoms with Crippen LogP contribution in [0.3, 0.4) is 0 Å². The second kappa shape index (κ2) is 5.08. The van der Waals surface area contributed by atoms with Crippen molar-refractivity contribution in [2.24, 2.45) is 0 Å². The van der Waals surface area contributed by atoms with Crippen molar-refractivity contribution in [3.63, 3.8) is 0 Å². The first kappa shape index (κ1) is 15.3. The zero-order valence-corrected chi connectivity index (χ0v) is 10.6. The smallest absolute Gasteiger partial charge is 0.493 e. The topological polar surface area (TPSA) is 69.7 Å². The molecule has 0 aliphatic rings. The van der Waals surface area contributed by atoms with Gasteiger partial charge in [-0.25, -0.2) is 0 Å². The summed E-state index contributed by atoms with van der Waals surface area (Å²) in [5.41, 5.74) is -5.17. The molecular weight excluding hydrogens is 289 g/mol. The molecule has 0 aliphatic carbocycles. The standard InChI is InChI=1S/C10H9F3O5S/c1-6-3-8(17-2)9(4-7(6)5-14)18-19(15,16)10(11,12)13/h3-5H,1-2H3. The van der Waals surface area contributed by atoms with E-state index in [0.29, 0.717) is 11.8 Å². The molecule has 0 fully saturated rings. The molecule has 0 N–H and O–H groups in total. The number of ether oxygens (including phenoxy) is 1. The Morgan fingerprint density at radius 2 is 1.79 bits per heavy atom. The van der Waals surface area contributed by atoms with Gasteiger partial charge in [-0.05, 0) is 24.6 Å². The number of carbonyl (C=O) groups excluding carboxylic acids is 1. The Hall–Kier alpha value is -1.77. The monoisotopic (exact) mass is 298 g/mol. The molecule has 0 saturated carbocycles. The van der Waals surface area contributed by atoms with Crippen LogP contribution in [0.2, 0.25) is 0 Å². The summed E-state index contributed by atoms with van der Waals surface area (Å²) in [4.78, 5) is 10.7. The second-order valence-electron chi connectivity index (χ2n) is 3.46. The van der Waals surface area contributed by atoms with Gasteiger partial charge in [0.15, 0.2) is 11.5 Å². The first-order valence-electron chi connectivity index (χ1n) is 4.77. The predicted octanol–water partition coefficient (Wildman–Crippen LogP) is 2.04. The number of hydrogen-bond acceptors (Lipinski definition) is 5. The van der Waals surface area contributed by atoms with Gasteiger partial charge in [0.1, 0.15) is 6.29 Å². The maximum absolute atomic E-state index is 12.2. The van der Waals surface area contributed by atoms with Crippen molar-refractivity contribution in [3.05, 3.63) is 23.3 Å². The van der Waals surface area contributed by atoms with Crippen LogP contribution in [0.1, 0.15) is 15.9 Å². The van der Waals surface area contributed by atoms with Crippen LogP contribution in [-0.4, -0.2) is 27.3 Å². The lowest BCUT2D eigenvalue weighted by Crippen LogP contribution is -2.28. The summed E-state index contributed by atoms with van der Waals surface area (Å²) in [5.74, 6) is -0.927. The first-order valence-corrected chi connectivity index (χ1v) is 6.17. The molecule has 0 atom stereocenters. The summed E-state index contributed by atoms with van der Waals surface area (Å²) in [6.45, 7) is 1.51. The molecule has 0 saturated heterocycles. The number of hydrogen-bond donors (Lipinski definition) is 0. The third-order valence-electron chi connectivity index (χ3n) is 2.16. The van der Waals surface area contributed by atoms with Crippen LogP contribution in [0.5, 0.6) is 11.5 Å². The highest BCUT2D eigenvalue weighted by Crippen LogP contribution is 2.34. The molecule has 19 heavy (non-hydrogen) atoms. The fraction of sp³-hybridized carbons (Fsp3) is 0.300. The molecule has 0 spiro atoms. The minimum absolute atomic E-state index is 0.00632. The molecule has 0 heterocycles. The molecule has 9 heteroatoms. The quantitative estimate of drug-likeness (QED) is 0.483. The molecule has 106 valence electrons. The van der Waals surface area contributed by atoms with E-state index in [1.165, 1.54) is 13.0 Å². The Kier molecular flexibility index (Phi) is 4.09. The van der Waals surface area contributed by atoms with Crippen molar-refractivity contribution in [1.29, 1.82) is 0 Å². The predicted molar refractivity (Wildman–Crippen MR) is 58.7 cm³/mol. The van der Waals surface area contributed by atoms with Gasteiger partial charge in [0.25, 0.3) is 0 Å². The van der Waals surface area contributed by atoms with Crippen LogP contribution < -0.4 is 8.92 Å². The zero-order valence-electron chi connectivity index (χ0n) is 9.82. The minimum atomic E-state index is -5.82. The first-order chi connectivity index (χ1) is 8.62. The fourth-order valence-corrected chi connectivity index (χ4v) is 1.66. The number of halogens is 3. The molecule has 0 aliphatic heterocycles. The molecule has 1 aromatic carbocycles. The van der Waals surface area contributed by atoms with Gasteiger partial charge in [-0.2, -0.15) is 21.6 Å². The Morgan fingerprint density at radius 3 is 2.21 bits per heavy atom. The summed E-state index contributed by atoms with van der Waals surface area (Å²) in [5, 5.41) is 0. The van der Waals surface area contributed by atoms with Crippen molar-refractivity contribution in [2.45, 2.75) is 12.4 Å². The average molecular weight is 298 g/mol. The summed E-state index contributed by atoms with van der Waals surface area (Å²) in [6, 6.07) is 2.06. The van der Waals surface area contributed by atoms with Gasteiger partial charge in [0, 0.05) is 5.56 Å². The maximum Gasteiger partial charge on any atom is 0.534 e. The summed E-state index contributed by atoms with van der Waals surface area (Å²) in [6.07, 6.45) is 0.363. The molecule has 5 nitrogen and oxygen atoms in total. The van der Waals surface area contributed by atoms with Crippen molar-refractivity contribution in [2.75, 3.05) is 7.11 Å². The van der Waals surface area contributed by atoms with E-state index >= 15 is 0 Å². The summed E-state index contributed by atoms with van der Waals surface area (Å²) < 4.78 is 67.0. The number of alkyl halides is 3. The van der Waals surface area contributed by atoms with Crippen LogP contribution in [0.4, 0.5) is 13.2 Å². The van der Waals surface area contributed by atoms with Crippen LogP contribution in [-0.2, 0) is 10.1 Å². The minimum Gasteiger partial charge on any atom is -0.493 e. The van der Waals surface area contributed by atoms with E-state index in [1.807, 2.05) is 0 Å². The molecule has 0 radical (unpaired) electrons. The van der Waals surface area contributed by atoms with Gasteiger partial charge in [-0.3, -0.25) is 4.79 Å². The van der Waals surface area contributed by atoms with Crippen LogP contribution in [0, 0.1) is 6.92 Å². The van der Waals surface area contributed by atoms with E-state index in [-0.39, 0.29) is 11.3 Å². The lowest BCUT2D eigenvalue weighted by molar-refractivity contribution is -0.0500. The van der Waals surface area contributed by atoms with Gasteiger partial charge in [-0.1, -0.05) is 0 Å². The maximum atomic E-state index is 12.2. The van der Waals surface area contributed by atoms with Gasteiger partial charge in [0.05, 0.1) is 7.11 Å². The SMILES string of the molecule is COc1cc(C)c(C=O)cc1OS(=O)(=O)C(F)(F)F. The number of benzene rings is 1. The summed E-state index contributed by atoms with van der Waals surface area (Å²) >= 11 is 0. The number of aryl methyl sites for hydroxylation is 1. The molecule has 0 unspecified atom stereocenters. The van der Waals surface area contributed by atoms with Crippen LogP contribution in [0.25, 0.3) is 0 Å². The van der Waals surface area contributed by atoms with E-state index in [2.05, 4.69) is 4.18 Å². The lowest BCUT2D eigenvalue weighted by Gasteiger charge is -2.13. The molecular formula is C10H9F3O5S. The zero-order chi connectivity index (χ0) is 14.8. The van der Waals surface area contributed by atoms with E-state index < -0.39 is 21.4 Å². The van der Waals surface area contributed by atoms with Crippen LogP contribution in [0.15, 0.2) is 12.1 Å².